The van der Waals surface area contributed by atoms with Crippen molar-refractivity contribution in [3.63, 3.8) is 0 Å². The van der Waals surface area contributed by atoms with Gasteiger partial charge in [0.2, 0.25) is 0 Å². The summed E-state index contributed by atoms with van der Waals surface area (Å²) in [5, 5.41) is 2.75. The lowest BCUT2D eigenvalue weighted by atomic mass is 10.1. The molecule has 2 aromatic rings. The number of benzene rings is 2. The standard InChI is InChI=1S/C19H22N2O2/c1-4-23-19(20-15(3)16-10-6-5-7-11-16)21-18(22)17-12-8-9-14(2)13-17/h5-13,15H,4H2,1-3H3,(H,20,21,22). The number of carbonyl (C=O) groups is 1. The number of hydrogen-bond acceptors (Lipinski definition) is 3. The van der Waals surface area contributed by atoms with Gasteiger partial charge < -0.3 is 4.74 Å². The zero-order valence-corrected chi connectivity index (χ0v) is 13.7. The predicted octanol–water partition coefficient (Wildman–Crippen LogP) is 3.88. The summed E-state index contributed by atoms with van der Waals surface area (Å²) in [6.45, 7) is 6.22. The number of aryl methyl sites for hydroxylation is 1. The molecule has 2 rings (SSSR count). The van der Waals surface area contributed by atoms with E-state index in [-0.39, 0.29) is 18.0 Å². The van der Waals surface area contributed by atoms with E-state index in [1.165, 1.54) is 0 Å². The summed E-state index contributed by atoms with van der Waals surface area (Å²) in [5.41, 5.74) is 2.68. The summed E-state index contributed by atoms with van der Waals surface area (Å²) in [6, 6.07) is 17.4. The highest BCUT2D eigenvalue weighted by atomic mass is 16.5. The van der Waals surface area contributed by atoms with Crippen molar-refractivity contribution in [1.29, 1.82) is 0 Å². The van der Waals surface area contributed by atoms with Crippen LogP contribution in [0, 0.1) is 6.92 Å². The Morgan fingerprint density at radius 1 is 1.17 bits per heavy atom. The molecule has 0 aliphatic rings. The van der Waals surface area contributed by atoms with Crippen LogP contribution in [0.2, 0.25) is 0 Å². The van der Waals surface area contributed by atoms with Crippen LogP contribution in [0.15, 0.2) is 59.6 Å². The molecule has 0 saturated heterocycles. The smallest absolute Gasteiger partial charge is 0.292 e. The van der Waals surface area contributed by atoms with Gasteiger partial charge in [-0.15, -0.1) is 0 Å². The van der Waals surface area contributed by atoms with Crippen LogP contribution in [0.25, 0.3) is 0 Å². The number of aliphatic imine (C=N–C) groups is 1. The van der Waals surface area contributed by atoms with Gasteiger partial charge in [-0.2, -0.15) is 0 Å². The zero-order valence-electron chi connectivity index (χ0n) is 13.7. The Morgan fingerprint density at radius 3 is 2.57 bits per heavy atom. The normalized spacial score (nSPS) is 12.6. The maximum absolute atomic E-state index is 12.3. The number of rotatable bonds is 4. The first-order valence-electron chi connectivity index (χ1n) is 7.73. The molecule has 0 aromatic heterocycles. The second kappa shape index (κ2) is 8.13. The number of carbonyl (C=O) groups excluding carboxylic acids is 1. The Kier molecular flexibility index (Phi) is 5.92. The van der Waals surface area contributed by atoms with E-state index in [1.54, 1.807) is 6.07 Å². The van der Waals surface area contributed by atoms with Crippen LogP contribution < -0.4 is 5.32 Å². The minimum atomic E-state index is -0.221. The predicted molar refractivity (Wildman–Crippen MR) is 92.6 cm³/mol. The second-order valence-corrected chi connectivity index (χ2v) is 5.28. The monoisotopic (exact) mass is 310 g/mol. The Bertz CT molecular complexity index is 681. The Balaban J connectivity index is 2.14. The summed E-state index contributed by atoms with van der Waals surface area (Å²) in [7, 11) is 0. The van der Waals surface area contributed by atoms with E-state index in [2.05, 4.69) is 10.3 Å². The molecule has 0 saturated carbocycles. The molecule has 0 heterocycles. The summed E-state index contributed by atoms with van der Waals surface area (Å²) in [4.78, 5) is 16.8. The van der Waals surface area contributed by atoms with Crippen molar-refractivity contribution in [2.45, 2.75) is 26.8 Å². The fourth-order valence-electron chi connectivity index (χ4n) is 2.18. The van der Waals surface area contributed by atoms with Crippen LogP contribution in [0.4, 0.5) is 0 Å². The third-order valence-electron chi connectivity index (χ3n) is 3.37. The molecule has 0 aliphatic heterocycles. The molecule has 1 amide bonds. The van der Waals surface area contributed by atoms with Crippen LogP contribution >= 0.6 is 0 Å². The number of nitrogens with one attached hydrogen (secondary N) is 1. The maximum Gasteiger partial charge on any atom is 0.292 e. The van der Waals surface area contributed by atoms with Crippen molar-refractivity contribution in [3.8, 4) is 0 Å². The van der Waals surface area contributed by atoms with Gasteiger partial charge in [-0.05, 0) is 38.5 Å². The van der Waals surface area contributed by atoms with Gasteiger partial charge in [0.15, 0.2) is 0 Å². The minimum Gasteiger partial charge on any atom is -0.465 e. The van der Waals surface area contributed by atoms with Crippen LogP contribution in [-0.4, -0.2) is 18.5 Å². The van der Waals surface area contributed by atoms with Crippen LogP contribution in [-0.2, 0) is 4.74 Å². The van der Waals surface area contributed by atoms with E-state index in [9.17, 15) is 4.79 Å². The van der Waals surface area contributed by atoms with Crippen molar-refractivity contribution < 1.29 is 9.53 Å². The van der Waals surface area contributed by atoms with Gasteiger partial charge >= 0.3 is 0 Å². The fraction of sp³-hybridized carbons (Fsp3) is 0.263. The number of amidine groups is 1. The molecule has 4 nitrogen and oxygen atoms in total. The number of ether oxygens (including phenoxy) is 1. The first-order chi connectivity index (χ1) is 11.1. The molecule has 1 N–H and O–H groups in total. The molecule has 0 fully saturated rings. The van der Waals surface area contributed by atoms with E-state index < -0.39 is 0 Å². The van der Waals surface area contributed by atoms with Crippen molar-refractivity contribution in [2.24, 2.45) is 4.99 Å². The van der Waals surface area contributed by atoms with Crippen molar-refractivity contribution >= 4 is 11.9 Å². The fourth-order valence-corrected chi connectivity index (χ4v) is 2.18. The molecule has 1 unspecified atom stereocenters. The Morgan fingerprint density at radius 2 is 1.91 bits per heavy atom. The largest absolute Gasteiger partial charge is 0.465 e. The average Bonchev–Trinajstić information content (AvgIpc) is 2.55. The van der Waals surface area contributed by atoms with E-state index >= 15 is 0 Å². The summed E-state index contributed by atoms with van der Waals surface area (Å²) >= 11 is 0. The highest BCUT2D eigenvalue weighted by Gasteiger charge is 2.12. The topological polar surface area (TPSA) is 50.7 Å². The zero-order chi connectivity index (χ0) is 16.7. The second-order valence-electron chi connectivity index (χ2n) is 5.28. The molecule has 0 spiro atoms. The van der Waals surface area contributed by atoms with Gasteiger partial charge in [-0.3, -0.25) is 10.1 Å². The number of nitrogens with zero attached hydrogens (tertiary/aromatic N) is 1. The van der Waals surface area contributed by atoms with E-state index in [4.69, 9.17) is 4.74 Å². The van der Waals surface area contributed by atoms with E-state index in [1.807, 2.05) is 69.3 Å². The summed E-state index contributed by atoms with van der Waals surface area (Å²) in [5.74, 6) is -0.221. The molecule has 2 aromatic carbocycles. The minimum absolute atomic E-state index is 0.101. The Hall–Kier alpha value is -2.62. The van der Waals surface area contributed by atoms with Gasteiger partial charge in [-0.1, -0.05) is 48.0 Å². The summed E-state index contributed by atoms with van der Waals surface area (Å²) < 4.78 is 5.47. The van der Waals surface area contributed by atoms with Gasteiger partial charge in [0, 0.05) is 5.56 Å². The van der Waals surface area contributed by atoms with Crippen molar-refractivity contribution in [3.05, 3.63) is 71.3 Å². The molecular formula is C19H22N2O2. The molecule has 0 bridgehead atoms. The van der Waals surface area contributed by atoms with Crippen LogP contribution in [0.1, 0.15) is 41.4 Å². The number of amides is 1. The SMILES string of the molecule is CCOC(=NC(C)c1ccccc1)NC(=O)c1cccc(C)c1. The van der Waals surface area contributed by atoms with Crippen molar-refractivity contribution in [2.75, 3.05) is 6.61 Å². The number of hydrogen-bond donors (Lipinski definition) is 1. The van der Waals surface area contributed by atoms with Gasteiger partial charge in [0.25, 0.3) is 11.9 Å². The lowest BCUT2D eigenvalue weighted by Crippen LogP contribution is -2.33. The average molecular weight is 310 g/mol. The van der Waals surface area contributed by atoms with Gasteiger partial charge in [0.05, 0.1) is 12.6 Å². The van der Waals surface area contributed by atoms with E-state index in [0.717, 1.165) is 11.1 Å². The third kappa shape index (κ3) is 4.95. The molecule has 4 heteroatoms. The lowest BCUT2D eigenvalue weighted by molar-refractivity contribution is 0.0966. The molecule has 0 aliphatic carbocycles. The maximum atomic E-state index is 12.3. The van der Waals surface area contributed by atoms with Crippen molar-refractivity contribution in [1.82, 2.24) is 5.32 Å². The van der Waals surface area contributed by atoms with Crippen LogP contribution in [0.3, 0.4) is 0 Å². The van der Waals surface area contributed by atoms with Gasteiger partial charge in [0.1, 0.15) is 0 Å². The quantitative estimate of drug-likeness (QED) is 0.688. The Labute approximate surface area is 137 Å². The molecular weight excluding hydrogens is 288 g/mol. The molecule has 23 heavy (non-hydrogen) atoms. The van der Waals surface area contributed by atoms with Crippen LogP contribution in [0.5, 0.6) is 0 Å². The molecule has 0 radical (unpaired) electrons. The lowest BCUT2D eigenvalue weighted by Gasteiger charge is -2.13. The summed E-state index contributed by atoms with van der Waals surface area (Å²) in [6.07, 6.45) is 0. The third-order valence-corrected chi connectivity index (χ3v) is 3.37. The highest BCUT2D eigenvalue weighted by Crippen LogP contribution is 2.16. The highest BCUT2D eigenvalue weighted by molar-refractivity contribution is 6.04. The molecule has 1 atom stereocenters. The van der Waals surface area contributed by atoms with E-state index in [0.29, 0.717) is 12.2 Å². The first kappa shape index (κ1) is 16.7. The first-order valence-corrected chi connectivity index (χ1v) is 7.73. The molecule has 120 valence electrons. The van der Waals surface area contributed by atoms with Gasteiger partial charge in [-0.25, -0.2) is 4.99 Å².